The van der Waals surface area contributed by atoms with Crippen LogP contribution in [0.5, 0.6) is 5.75 Å². The maximum absolute atomic E-state index is 9.10. The van der Waals surface area contributed by atoms with Crippen LogP contribution in [0.25, 0.3) is 0 Å². The number of aliphatic carboxylic acids is 2. The molecule has 6 nitrogen and oxygen atoms in total. The standard InChI is InChI=1S/C21H27NO.C2H2O4/c1-16(2)19-10-6-7-11-21(19)23-15-18-14-22-13-12-20(18)17-8-4-3-5-9-17;3-1(4)2(5)6/h3-11,16,18,20,22H,12-15H2,1-2H3;(H,3,4)(H,5,6)/t18-,20-;/m1./s1. The van der Waals surface area contributed by atoms with Crippen molar-refractivity contribution in [2.24, 2.45) is 5.92 Å². The SMILES string of the molecule is CC(C)c1ccccc1OC[C@H]1CNCC[C@@H]1c1ccccc1.O=C(O)C(=O)O. The van der Waals surface area contributed by atoms with E-state index < -0.39 is 11.9 Å². The van der Waals surface area contributed by atoms with Crippen molar-refractivity contribution in [3.05, 3.63) is 65.7 Å². The Labute approximate surface area is 171 Å². The fourth-order valence-corrected chi connectivity index (χ4v) is 3.52. The van der Waals surface area contributed by atoms with Crippen LogP contribution >= 0.6 is 0 Å². The Kier molecular flexibility index (Phi) is 8.68. The third kappa shape index (κ3) is 6.91. The van der Waals surface area contributed by atoms with E-state index in [-0.39, 0.29) is 0 Å². The van der Waals surface area contributed by atoms with Crippen LogP contribution in [0.2, 0.25) is 0 Å². The van der Waals surface area contributed by atoms with Gasteiger partial charge in [-0.3, -0.25) is 0 Å². The van der Waals surface area contributed by atoms with Crippen molar-refractivity contribution in [3.63, 3.8) is 0 Å². The quantitative estimate of drug-likeness (QED) is 0.663. The zero-order chi connectivity index (χ0) is 21.2. The summed E-state index contributed by atoms with van der Waals surface area (Å²) in [5, 5.41) is 18.3. The second-order valence-electron chi connectivity index (χ2n) is 7.38. The number of rotatable bonds is 5. The van der Waals surface area contributed by atoms with Crippen molar-refractivity contribution in [1.82, 2.24) is 5.32 Å². The van der Waals surface area contributed by atoms with Gasteiger partial charge in [0, 0.05) is 12.5 Å². The minimum atomic E-state index is -1.82. The summed E-state index contributed by atoms with van der Waals surface area (Å²) in [6.45, 7) is 7.34. The average Bonchev–Trinajstić information content (AvgIpc) is 2.73. The van der Waals surface area contributed by atoms with Gasteiger partial charge in [0.1, 0.15) is 5.75 Å². The summed E-state index contributed by atoms with van der Waals surface area (Å²) in [6, 6.07) is 19.3. The Morgan fingerprint density at radius 3 is 2.28 bits per heavy atom. The van der Waals surface area contributed by atoms with Crippen LogP contribution in [0.1, 0.15) is 43.2 Å². The first-order valence-corrected chi connectivity index (χ1v) is 9.83. The third-order valence-corrected chi connectivity index (χ3v) is 5.01. The summed E-state index contributed by atoms with van der Waals surface area (Å²) in [7, 11) is 0. The van der Waals surface area contributed by atoms with Gasteiger partial charge in [0.2, 0.25) is 0 Å². The van der Waals surface area contributed by atoms with Gasteiger partial charge in [-0.25, -0.2) is 9.59 Å². The Bertz CT molecular complexity index is 779. The third-order valence-electron chi connectivity index (χ3n) is 5.01. The molecule has 0 spiro atoms. The minimum Gasteiger partial charge on any atom is -0.493 e. The van der Waals surface area contributed by atoms with Gasteiger partial charge in [-0.05, 0) is 42.0 Å². The topological polar surface area (TPSA) is 95.9 Å². The van der Waals surface area contributed by atoms with Crippen molar-refractivity contribution >= 4 is 11.9 Å². The number of piperidine rings is 1. The highest BCUT2D eigenvalue weighted by molar-refractivity contribution is 6.27. The highest BCUT2D eigenvalue weighted by Gasteiger charge is 2.27. The molecule has 0 amide bonds. The van der Waals surface area contributed by atoms with Crippen molar-refractivity contribution in [2.45, 2.75) is 32.1 Å². The van der Waals surface area contributed by atoms with Crippen LogP contribution in [0, 0.1) is 5.92 Å². The molecule has 1 aliphatic heterocycles. The second kappa shape index (κ2) is 11.2. The van der Waals surface area contributed by atoms with Gasteiger partial charge in [0.05, 0.1) is 6.61 Å². The first-order valence-electron chi connectivity index (χ1n) is 9.83. The summed E-state index contributed by atoms with van der Waals surface area (Å²) >= 11 is 0. The second-order valence-corrected chi connectivity index (χ2v) is 7.38. The zero-order valence-electron chi connectivity index (χ0n) is 16.9. The number of carbonyl (C=O) groups is 2. The molecule has 0 saturated carbocycles. The molecule has 0 aliphatic carbocycles. The van der Waals surface area contributed by atoms with E-state index in [0.717, 1.165) is 25.4 Å². The number of carboxylic acids is 2. The molecule has 29 heavy (non-hydrogen) atoms. The van der Waals surface area contributed by atoms with Crippen molar-refractivity contribution in [2.75, 3.05) is 19.7 Å². The molecule has 2 aromatic rings. The lowest BCUT2D eigenvalue weighted by molar-refractivity contribution is -0.159. The maximum Gasteiger partial charge on any atom is 0.414 e. The molecule has 156 valence electrons. The Balaban J connectivity index is 0.000000438. The van der Waals surface area contributed by atoms with Gasteiger partial charge in [-0.15, -0.1) is 0 Å². The van der Waals surface area contributed by atoms with Crippen LogP contribution in [-0.2, 0) is 9.59 Å². The summed E-state index contributed by atoms with van der Waals surface area (Å²) < 4.78 is 6.25. The number of ether oxygens (including phenoxy) is 1. The molecule has 1 aliphatic rings. The Morgan fingerprint density at radius 2 is 1.66 bits per heavy atom. The molecule has 2 aromatic carbocycles. The number of hydrogen-bond donors (Lipinski definition) is 3. The molecule has 1 saturated heterocycles. The molecule has 0 aromatic heterocycles. The van der Waals surface area contributed by atoms with Gasteiger partial charge < -0.3 is 20.3 Å². The molecule has 0 bridgehead atoms. The normalized spacial score (nSPS) is 18.4. The number of carboxylic acid groups (broad SMARTS) is 2. The first kappa shape index (κ1) is 22.4. The van der Waals surface area contributed by atoms with E-state index in [1.165, 1.54) is 17.5 Å². The zero-order valence-corrected chi connectivity index (χ0v) is 16.9. The predicted molar refractivity (Wildman–Crippen MR) is 111 cm³/mol. The highest BCUT2D eigenvalue weighted by Crippen LogP contribution is 2.32. The molecule has 3 rings (SSSR count). The van der Waals surface area contributed by atoms with Gasteiger partial charge in [-0.1, -0.05) is 62.4 Å². The molecule has 1 heterocycles. The van der Waals surface area contributed by atoms with E-state index >= 15 is 0 Å². The largest absolute Gasteiger partial charge is 0.493 e. The number of hydrogen-bond acceptors (Lipinski definition) is 4. The van der Waals surface area contributed by atoms with E-state index in [4.69, 9.17) is 24.5 Å². The molecule has 6 heteroatoms. The van der Waals surface area contributed by atoms with E-state index in [2.05, 4.69) is 73.8 Å². The Hall–Kier alpha value is -2.86. The molecular weight excluding hydrogens is 370 g/mol. The molecule has 2 atom stereocenters. The predicted octanol–water partition coefficient (Wildman–Crippen LogP) is 3.74. The van der Waals surface area contributed by atoms with E-state index in [1.54, 1.807) is 0 Å². The monoisotopic (exact) mass is 399 g/mol. The van der Waals surface area contributed by atoms with Crippen LogP contribution in [0.4, 0.5) is 0 Å². The van der Waals surface area contributed by atoms with Gasteiger partial charge in [0.25, 0.3) is 0 Å². The van der Waals surface area contributed by atoms with E-state index in [1.807, 2.05) is 0 Å². The van der Waals surface area contributed by atoms with E-state index in [0.29, 0.717) is 17.8 Å². The van der Waals surface area contributed by atoms with Gasteiger partial charge in [0.15, 0.2) is 0 Å². The van der Waals surface area contributed by atoms with Crippen LogP contribution in [0.3, 0.4) is 0 Å². The lowest BCUT2D eigenvalue weighted by atomic mass is 9.81. The molecule has 0 radical (unpaired) electrons. The minimum absolute atomic E-state index is 0.487. The van der Waals surface area contributed by atoms with Crippen LogP contribution in [0.15, 0.2) is 54.6 Å². The van der Waals surface area contributed by atoms with Crippen molar-refractivity contribution < 1.29 is 24.5 Å². The molecule has 1 fully saturated rings. The number of nitrogens with one attached hydrogen (secondary N) is 1. The lowest BCUT2D eigenvalue weighted by Gasteiger charge is -2.32. The fraction of sp³-hybridized carbons (Fsp3) is 0.391. The highest BCUT2D eigenvalue weighted by atomic mass is 16.5. The average molecular weight is 399 g/mol. The summed E-state index contributed by atoms with van der Waals surface area (Å²) in [4.78, 5) is 18.2. The fourth-order valence-electron chi connectivity index (χ4n) is 3.52. The number of para-hydroxylation sites is 1. The Morgan fingerprint density at radius 1 is 1.03 bits per heavy atom. The maximum atomic E-state index is 9.10. The first-order chi connectivity index (χ1) is 13.9. The van der Waals surface area contributed by atoms with E-state index in [9.17, 15) is 0 Å². The van der Waals surface area contributed by atoms with Crippen LogP contribution in [-0.4, -0.2) is 41.8 Å². The van der Waals surface area contributed by atoms with Crippen molar-refractivity contribution in [3.8, 4) is 5.75 Å². The van der Waals surface area contributed by atoms with Crippen molar-refractivity contribution in [1.29, 1.82) is 0 Å². The summed E-state index contributed by atoms with van der Waals surface area (Å²) in [5.41, 5.74) is 2.74. The lowest BCUT2D eigenvalue weighted by Crippen LogP contribution is -2.38. The molecular formula is C23H29NO5. The smallest absolute Gasteiger partial charge is 0.414 e. The molecule has 0 unspecified atom stereocenters. The van der Waals surface area contributed by atoms with Gasteiger partial charge >= 0.3 is 11.9 Å². The summed E-state index contributed by atoms with van der Waals surface area (Å²) in [6.07, 6.45) is 1.18. The number of benzene rings is 2. The van der Waals surface area contributed by atoms with Crippen LogP contribution < -0.4 is 10.1 Å². The van der Waals surface area contributed by atoms with Gasteiger partial charge in [-0.2, -0.15) is 0 Å². The summed E-state index contributed by atoms with van der Waals surface area (Å²) in [5.74, 6) is -1.01. The molecule has 3 N–H and O–H groups in total.